The highest BCUT2D eigenvalue weighted by molar-refractivity contribution is 6.11. The van der Waals surface area contributed by atoms with Crippen molar-refractivity contribution in [2.75, 3.05) is 0 Å². The summed E-state index contributed by atoms with van der Waals surface area (Å²) in [6.45, 7) is 0. The summed E-state index contributed by atoms with van der Waals surface area (Å²) in [6.07, 6.45) is 23.6. The van der Waals surface area contributed by atoms with Crippen LogP contribution in [0.1, 0.15) is 35.8 Å². The summed E-state index contributed by atoms with van der Waals surface area (Å²) >= 11 is 0. The van der Waals surface area contributed by atoms with Crippen LogP contribution in [-0.2, 0) is 6.42 Å². The van der Waals surface area contributed by atoms with E-state index in [0.717, 1.165) is 92.0 Å². The lowest BCUT2D eigenvalue weighted by atomic mass is 9.98. The van der Waals surface area contributed by atoms with E-state index in [1.807, 2.05) is 48.8 Å². The fraction of sp³-hybridized carbons (Fsp3) is 0.0645. The zero-order chi connectivity index (χ0) is 49.0. The molecule has 0 amide bonds. The van der Waals surface area contributed by atoms with Crippen molar-refractivity contribution in [2.24, 2.45) is 4.99 Å². The number of fused-ring (bicyclic) bond motifs is 6. The van der Waals surface area contributed by atoms with Crippen molar-refractivity contribution < 1.29 is 0 Å². The molecule has 74 heavy (non-hydrogen) atoms. The number of nitrogens with zero attached hydrogens (tertiary/aromatic N) is 12. The molecule has 14 rings (SSSR count). The number of aliphatic imine (C=N–C) groups is 1. The summed E-state index contributed by atoms with van der Waals surface area (Å²) in [4.78, 5) is 47.0. The fourth-order valence-corrected chi connectivity index (χ4v) is 10.4. The van der Waals surface area contributed by atoms with Crippen LogP contribution in [0.25, 0.3) is 118 Å². The highest BCUT2D eigenvalue weighted by Gasteiger charge is 2.23. The Balaban J connectivity index is 0.848. The molecule has 7 aromatic heterocycles. The number of pyridine rings is 3. The Bertz CT molecular complexity index is 4180. The third kappa shape index (κ3) is 7.64. The number of benzene rings is 5. The number of rotatable bonds is 9. The molecule has 0 saturated heterocycles. The second kappa shape index (κ2) is 18.0. The van der Waals surface area contributed by atoms with Gasteiger partial charge in [-0.05, 0) is 121 Å². The first kappa shape index (κ1) is 42.9. The quantitative estimate of drug-likeness (QED) is 0.138. The maximum Gasteiger partial charge on any atom is 0.164 e. The molecule has 5 aromatic carbocycles. The van der Waals surface area contributed by atoms with Gasteiger partial charge in [-0.1, -0.05) is 72.8 Å². The average molecular weight is 955 g/mol. The van der Waals surface area contributed by atoms with Crippen molar-refractivity contribution in [3.8, 4) is 79.4 Å². The van der Waals surface area contributed by atoms with Crippen LogP contribution < -0.4 is 0 Å². The zero-order valence-electron chi connectivity index (χ0n) is 39.8. The van der Waals surface area contributed by atoms with E-state index >= 15 is 0 Å². The standard InChI is InChI=1S/C62H42N12/c1-3-13-53-49(11-1)51-37-43(15-17-55(51)73(53)47-9-5-7-45(35-47)61-69-57(39-19-27-63-28-20-39)67-58(70-61)40-21-29-64-30-22-40)44-16-18-56-52(38-44)50-12-2-4-14-54(50)74(56)48-10-6-8-46(36-48)62-71-59(41-23-31-65-32-24-41)68-60(72-62)42-25-33-66-34-26-42/h1-3,5-13,15-25,27-38,42H,4,14,26H2. The predicted molar refractivity (Wildman–Crippen MR) is 293 cm³/mol. The van der Waals surface area contributed by atoms with Crippen LogP contribution >= 0.6 is 0 Å². The molecule has 12 heteroatoms. The van der Waals surface area contributed by atoms with Gasteiger partial charge in [-0.25, -0.2) is 29.9 Å². The zero-order valence-corrected chi connectivity index (χ0v) is 39.8. The molecule has 0 spiro atoms. The summed E-state index contributed by atoms with van der Waals surface area (Å²) in [7, 11) is 0. The van der Waals surface area contributed by atoms with Crippen molar-refractivity contribution in [3.63, 3.8) is 0 Å². The van der Waals surface area contributed by atoms with Crippen molar-refractivity contribution in [3.05, 3.63) is 218 Å². The van der Waals surface area contributed by atoms with Crippen LogP contribution in [0.2, 0.25) is 0 Å². The Morgan fingerprint density at radius 3 is 1.55 bits per heavy atom. The predicted octanol–water partition coefficient (Wildman–Crippen LogP) is 13.3. The van der Waals surface area contributed by atoms with Gasteiger partial charge in [0, 0.05) is 122 Å². The van der Waals surface area contributed by atoms with Gasteiger partial charge in [0.05, 0.1) is 16.6 Å². The minimum atomic E-state index is 0.00531. The third-order valence-electron chi connectivity index (χ3n) is 14.0. The van der Waals surface area contributed by atoms with E-state index in [4.69, 9.17) is 29.9 Å². The Labute approximate surface area is 425 Å². The molecule has 0 bridgehead atoms. The van der Waals surface area contributed by atoms with E-state index in [9.17, 15) is 0 Å². The Morgan fingerprint density at radius 1 is 0.419 bits per heavy atom. The summed E-state index contributed by atoms with van der Waals surface area (Å²) in [5.41, 5.74) is 14.7. The van der Waals surface area contributed by atoms with Crippen LogP contribution in [0, 0.1) is 0 Å². The average Bonchev–Trinajstić information content (AvgIpc) is 4.00. The van der Waals surface area contributed by atoms with E-state index in [-0.39, 0.29) is 5.92 Å². The number of para-hydroxylation sites is 1. The van der Waals surface area contributed by atoms with E-state index in [2.05, 4.69) is 157 Å². The fourth-order valence-electron chi connectivity index (χ4n) is 10.4. The van der Waals surface area contributed by atoms with Gasteiger partial charge >= 0.3 is 0 Å². The van der Waals surface area contributed by atoms with E-state index in [1.54, 1.807) is 37.2 Å². The lowest BCUT2D eigenvalue weighted by Gasteiger charge is -2.16. The smallest absolute Gasteiger partial charge is 0.164 e. The van der Waals surface area contributed by atoms with Gasteiger partial charge in [0.1, 0.15) is 5.82 Å². The monoisotopic (exact) mass is 954 g/mol. The maximum atomic E-state index is 5.09. The lowest BCUT2D eigenvalue weighted by molar-refractivity contribution is 0.785. The largest absolute Gasteiger partial charge is 0.313 e. The van der Waals surface area contributed by atoms with E-state index < -0.39 is 0 Å². The van der Waals surface area contributed by atoms with Gasteiger partial charge in [0.15, 0.2) is 29.1 Å². The van der Waals surface area contributed by atoms with Gasteiger partial charge in [-0.15, -0.1) is 0 Å². The molecule has 12 nitrogen and oxygen atoms in total. The molecule has 1 atom stereocenters. The third-order valence-corrected chi connectivity index (χ3v) is 14.0. The van der Waals surface area contributed by atoms with Crippen LogP contribution in [0.15, 0.2) is 206 Å². The molecule has 1 aliphatic carbocycles. The number of hydrogen-bond donors (Lipinski definition) is 0. The summed E-state index contributed by atoms with van der Waals surface area (Å²) < 4.78 is 4.76. The molecular weight excluding hydrogens is 913 g/mol. The molecule has 0 saturated carbocycles. The van der Waals surface area contributed by atoms with Gasteiger partial charge in [-0.3, -0.25) is 19.9 Å². The summed E-state index contributed by atoms with van der Waals surface area (Å²) in [5, 5.41) is 3.55. The number of aromatic nitrogens is 11. The Hall–Kier alpha value is -9.94. The first-order valence-corrected chi connectivity index (χ1v) is 24.7. The van der Waals surface area contributed by atoms with Gasteiger partial charge < -0.3 is 9.13 Å². The molecule has 350 valence electrons. The lowest BCUT2D eigenvalue weighted by Crippen LogP contribution is -2.09. The molecule has 1 unspecified atom stereocenters. The minimum absolute atomic E-state index is 0.00531. The van der Waals surface area contributed by atoms with E-state index in [0.29, 0.717) is 29.1 Å². The normalized spacial score (nSPS) is 14.0. The van der Waals surface area contributed by atoms with Gasteiger partial charge in [-0.2, -0.15) is 0 Å². The van der Waals surface area contributed by atoms with Gasteiger partial charge in [0.25, 0.3) is 0 Å². The Kier molecular flexibility index (Phi) is 10.5. The van der Waals surface area contributed by atoms with Crippen LogP contribution in [-0.4, -0.2) is 60.2 Å². The number of allylic oxidation sites excluding steroid dienone is 2. The molecule has 1 aliphatic heterocycles. The molecule has 8 heterocycles. The van der Waals surface area contributed by atoms with E-state index in [1.165, 1.54) is 27.4 Å². The summed E-state index contributed by atoms with van der Waals surface area (Å²) in [6, 6.07) is 51.0. The SMILES string of the molecule is C1=Cc2c(n(-c3cccc(-c4nc(-c5ccncc5)nc(C5C=CN=CC5)n4)c3)c3ccc(-c4ccc5c(c4)c4ccccc4n5-c4cccc(-c5nc(-c6ccncc6)nc(-c6ccncc6)n5)c4)cc23)CC1. The second-order valence-corrected chi connectivity index (χ2v) is 18.4. The molecular formula is C62H42N12. The first-order valence-electron chi connectivity index (χ1n) is 24.7. The van der Waals surface area contributed by atoms with Crippen molar-refractivity contribution in [2.45, 2.75) is 25.2 Å². The van der Waals surface area contributed by atoms with Crippen LogP contribution in [0.5, 0.6) is 0 Å². The second-order valence-electron chi connectivity index (χ2n) is 18.4. The van der Waals surface area contributed by atoms with Crippen LogP contribution in [0.3, 0.4) is 0 Å². The maximum absolute atomic E-state index is 5.09. The van der Waals surface area contributed by atoms with Crippen molar-refractivity contribution >= 4 is 45.0 Å². The van der Waals surface area contributed by atoms with Crippen LogP contribution in [0.4, 0.5) is 0 Å². The highest BCUT2D eigenvalue weighted by atomic mass is 15.1. The first-order chi connectivity index (χ1) is 36.7. The topological polar surface area (TPSA) is 138 Å². The number of hydrogen-bond acceptors (Lipinski definition) is 10. The van der Waals surface area contributed by atoms with Crippen molar-refractivity contribution in [1.82, 2.24) is 54.0 Å². The summed E-state index contributed by atoms with van der Waals surface area (Å²) in [5.74, 6) is 3.70. The molecule has 0 N–H and O–H groups in total. The molecule has 12 aromatic rings. The highest BCUT2D eigenvalue weighted by Crippen LogP contribution is 2.40. The molecule has 2 aliphatic rings. The molecule has 0 fully saturated rings. The van der Waals surface area contributed by atoms with Gasteiger partial charge in [0.2, 0.25) is 0 Å². The minimum Gasteiger partial charge on any atom is -0.313 e. The Morgan fingerprint density at radius 2 is 0.946 bits per heavy atom. The molecule has 0 radical (unpaired) electrons. The van der Waals surface area contributed by atoms with Crippen molar-refractivity contribution in [1.29, 1.82) is 0 Å².